The lowest BCUT2D eigenvalue weighted by Gasteiger charge is -2.15. The molecule has 0 saturated carbocycles. The van der Waals surface area contributed by atoms with Gasteiger partial charge in [-0.2, -0.15) is 8.42 Å². The zero-order chi connectivity index (χ0) is 22.1. The van der Waals surface area contributed by atoms with Crippen LogP contribution in [0.15, 0.2) is 67.2 Å². The van der Waals surface area contributed by atoms with Crippen molar-refractivity contribution in [2.75, 3.05) is 0 Å². The van der Waals surface area contributed by atoms with Crippen molar-refractivity contribution >= 4 is 54.1 Å². The lowest BCUT2D eigenvalue weighted by atomic mass is 10.1. The third-order valence-electron chi connectivity index (χ3n) is 4.43. The van der Waals surface area contributed by atoms with E-state index >= 15 is 0 Å². The van der Waals surface area contributed by atoms with Crippen LogP contribution in [0.5, 0.6) is 0 Å². The summed E-state index contributed by atoms with van der Waals surface area (Å²) in [5, 5.41) is 0. The molecule has 0 bridgehead atoms. The van der Waals surface area contributed by atoms with Gasteiger partial charge in [-0.15, -0.1) is 4.73 Å². The van der Waals surface area contributed by atoms with Gasteiger partial charge in [0.25, 0.3) is 5.56 Å². The van der Waals surface area contributed by atoms with E-state index in [1.165, 1.54) is 12.1 Å². The van der Waals surface area contributed by atoms with Gasteiger partial charge in [0.05, 0.1) is 4.47 Å². The molecule has 0 aliphatic carbocycles. The van der Waals surface area contributed by atoms with Crippen LogP contribution in [0.3, 0.4) is 0 Å². The maximum Gasteiger partial charge on any atom is 0.357 e. The molecule has 0 aliphatic rings. The number of hydrogen-bond acceptors (Lipinski definition) is 4. The van der Waals surface area contributed by atoms with Crippen LogP contribution < -0.4 is 9.84 Å². The van der Waals surface area contributed by atoms with E-state index in [1.807, 2.05) is 38.1 Å². The molecule has 3 aromatic rings. The second kappa shape index (κ2) is 8.91. The van der Waals surface area contributed by atoms with E-state index in [0.29, 0.717) is 10.0 Å². The van der Waals surface area contributed by atoms with Crippen molar-refractivity contribution in [1.29, 1.82) is 0 Å². The Labute approximate surface area is 192 Å². The number of halogens is 2. The highest BCUT2D eigenvalue weighted by molar-refractivity contribution is 9.11. The summed E-state index contributed by atoms with van der Waals surface area (Å²) >= 11 is 6.69. The van der Waals surface area contributed by atoms with Crippen LogP contribution in [0.25, 0.3) is 12.2 Å². The molecule has 0 atom stereocenters. The Morgan fingerprint density at radius 2 is 1.57 bits per heavy atom. The summed E-state index contributed by atoms with van der Waals surface area (Å²) in [6.45, 7) is 5.58. The molecule has 0 amide bonds. The van der Waals surface area contributed by atoms with Crippen LogP contribution in [-0.4, -0.2) is 13.1 Å². The van der Waals surface area contributed by atoms with Gasteiger partial charge in [-0.05, 0) is 82.0 Å². The molecule has 3 rings (SSSR count). The molecule has 0 aliphatic heterocycles. The molecule has 0 fully saturated rings. The summed E-state index contributed by atoms with van der Waals surface area (Å²) in [6.07, 6.45) is 3.43. The number of aryl methyl sites for hydroxylation is 2. The minimum absolute atomic E-state index is 0.0403. The molecule has 0 N–H and O–H groups in total. The highest BCUT2D eigenvalue weighted by atomic mass is 79.9. The Balaban J connectivity index is 2.13. The van der Waals surface area contributed by atoms with E-state index in [2.05, 4.69) is 31.9 Å². The maximum atomic E-state index is 12.9. The summed E-state index contributed by atoms with van der Waals surface area (Å²) < 4.78 is 32.4. The van der Waals surface area contributed by atoms with Crippen molar-refractivity contribution in [1.82, 2.24) is 4.73 Å². The summed E-state index contributed by atoms with van der Waals surface area (Å²) in [6, 6.07) is 14.0. The van der Waals surface area contributed by atoms with Crippen LogP contribution in [-0.2, 0) is 10.1 Å². The van der Waals surface area contributed by atoms with E-state index in [9.17, 15) is 13.2 Å². The SMILES string of the molecule is Cc1ccc(S(=O)(=O)On2c(C=Cc3cccc(C)c3)c(Br)c(C)c(Br)c2=O)cc1. The molecule has 0 spiro atoms. The lowest BCUT2D eigenvalue weighted by molar-refractivity contribution is 0.263. The molecule has 0 unspecified atom stereocenters. The fourth-order valence-electron chi connectivity index (χ4n) is 2.75. The fourth-order valence-corrected chi connectivity index (χ4v) is 4.76. The molecule has 2 aromatic carbocycles. The molecule has 1 aromatic heterocycles. The first kappa shape index (κ1) is 22.5. The van der Waals surface area contributed by atoms with Crippen molar-refractivity contribution in [3.8, 4) is 0 Å². The van der Waals surface area contributed by atoms with Crippen molar-refractivity contribution < 1.29 is 12.7 Å². The maximum absolute atomic E-state index is 12.9. The summed E-state index contributed by atoms with van der Waals surface area (Å²) in [5.74, 6) is 0. The number of aromatic nitrogens is 1. The van der Waals surface area contributed by atoms with Gasteiger partial charge in [0.2, 0.25) is 0 Å². The molecule has 8 heteroatoms. The minimum atomic E-state index is -4.22. The molecular weight excluding hydrogens is 534 g/mol. The van der Waals surface area contributed by atoms with Gasteiger partial charge in [-0.3, -0.25) is 9.08 Å². The third kappa shape index (κ3) is 4.77. The Bertz CT molecular complexity index is 1290. The van der Waals surface area contributed by atoms with Gasteiger partial charge < -0.3 is 0 Å². The molecule has 5 nitrogen and oxygen atoms in total. The van der Waals surface area contributed by atoms with Crippen molar-refractivity contribution in [3.63, 3.8) is 0 Å². The zero-order valence-electron chi connectivity index (χ0n) is 16.5. The molecule has 156 valence electrons. The smallest absolute Gasteiger partial charge is 0.280 e. The highest BCUT2D eigenvalue weighted by Crippen LogP contribution is 2.27. The summed E-state index contributed by atoms with van der Waals surface area (Å²) in [7, 11) is -4.22. The number of nitrogens with zero attached hydrogens (tertiary/aromatic N) is 1. The first-order chi connectivity index (χ1) is 14.1. The van der Waals surface area contributed by atoms with Crippen molar-refractivity contribution in [2.24, 2.45) is 0 Å². The average Bonchev–Trinajstić information content (AvgIpc) is 2.70. The van der Waals surface area contributed by atoms with E-state index in [4.69, 9.17) is 4.28 Å². The minimum Gasteiger partial charge on any atom is -0.280 e. The molecule has 1 heterocycles. The molecular formula is C22H19Br2NO4S. The Kier molecular flexibility index (Phi) is 6.69. The van der Waals surface area contributed by atoms with E-state index < -0.39 is 15.7 Å². The summed E-state index contributed by atoms with van der Waals surface area (Å²) in [4.78, 5) is 12.8. The largest absolute Gasteiger partial charge is 0.357 e. The predicted octanol–water partition coefficient (Wildman–Crippen LogP) is 5.29. The second-order valence-electron chi connectivity index (χ2n) is 6.83. The van der Waals surface area contributed by atoms with Gasteiger partial charge >= 0.3 is 10.1 Å². The quantitative estimate of drug-likeness (QED) is 0.431. The normalized spacial score (nSPS) is 11.8. The first-order valence-corrected chi connectivity index (χ1v) is 12.0. The standard InChI is InChI=1S/C22H19Br2NO4S/c1-14-7-10-18(11-8-14)30(27,28)29-25-19(20(23)16(3)21(24)22(25)26)12-9-17-6-4-5-15(2)13-17/h4-13H,1-3H3. The number of benzene rings is 2. The first-order valence-electron chi connectivity index (χ1n) is 8.97. The van der Waals surface area contributed by atoms with E-state index in [1.54, 1.807) is 31.2 Å². The Morgan fingerprint density at radius 3 is 2.20 bits per heavy atom. The lowest BCUT2D eigenvalue weighted by Crippen LogP contribution is -2.34. The Morgan fingerprint density at radius 1 is 0.900 bits per heavy atom. The number of rotatable bonds is 5. The van der Waals surface area contributed by atoms with Crippen molar-refractivity contribution in [3.05, 3.63) is 95.8 Å². The van der Waals surface area contributed by atoms with Crippen molar-refractivity contribution in [2.45, 2.75) is 25.7 Å². The van der Waals surface area contributed by atoms with Crippen LogP contribution in [0.1, 0.15) is 27.9 Å². The van der Waals surface area contributed by atoms with Gasteiger partial charge in [0, 0.05) is 4.47 Å². The second-order valence-corrected chi connectivity index (χ2v) is 9.94. The highest BCUT2D eigenvalue weighted by Gasteiger charge is 2.23. The predicted molar refractivity (Wildman–Crippen MR) is 126 cm³/mol. The zero-order valence-corrected chi connectivity index (χ0v) is 20.5. The number of pyridine rings is 1. The molecule has 0 radical (unpaired) electrons. The third-order valence-corrected chi connectivity index (χ3v) is 7.56. The van der Waals surface area contributed by atoms with Crippen LogP contribution in [0.4, 0.5) is 0 Å². The molecule has 0 saturated heterocycles. The van der Waals surface area contributed by atoms with E-state index in [-0.39, 0.29) is 15.1 Å². The van der Waals surface area contributed by atoms with Gasteiger partial charge in [-0.25, -0.2) is 0 Å². The average molecular weight is 553 g/mol. The van der Waals surface area contributed by atoms with Crippen LogP contribution >= 0.6 is 31.9 Å². The van der Waals surface area contributed by atoms with Crippen LogP contribution in [0, 0.1) is 20.8 Å². The Hall–Kier alpha value is -2.16. The summed E-state index contributed by atoms with van der Waals surface area (Å²) in [5.41, 5.74) is 3.19. The monoisotopic (exact) mass is 551 g/mol. The van der Waals surface area contributed by atoms with Gasteiger partial charge in [-0.1, -0.05) is 53.6 Å². The number of hydrogen-bond donors (Lipinski definition) is 0. The van der Waals surface area contributed by atoms with Gasteiger partial charge in [0.15, 0.2) is 0 Å². The van der Waals surface area contributed by atoms with E-state index in [0.717, 1.165) is 21.4 Å². The van der Waals surface area contributed by atoms with Crippen LogP contribution in [0.2, 0.25) is 0 Å². The fraction of sp³-hybridized carbons (Fsp3) is 0.136. The molecule has 30 heavy (non-hydrogen) atoms. The van der Waals surface area contributed by atoms with Gasteiger partial charge in [0.1, 0.15) is 10.6 Å². The topological polar surface area (TPSA) is 65.4 Å².